The van der Waals surface area contributed by atoms with Crippen LogP contribution >= 0.6 is 0 Å². The molecule has 122 valence electrons. The lowest BCUT2D eigenvalue weighted by Crippen LogP contribution is -2.11. The fraction of sp³-hybridized carbons (Fsp3) is 0.278. The van der Waals surface area contributed by atoms with E-state index in [2.05, 4.69) is 15.5 Å². The second kappa shape index (κ2) is 6.20. The molecule has 6 heteroatoms. The molecule has 0 fully saturated rings. The Balaban J connectivity index is 1.75. The van der Waals surface area contributed by atoms with Crippen molar-refractivity contribution >= 4 is 18.2 Å². The van der Waals surface area contributed by atoms with Gasteiger partial charge in [0.15, 0.2) is 0 Å². The molecule has 1 N–H and O–H groups in total. The van der Waals surface area contributed by atoms with Gasteiger partial charge in [0.25, 0.3) is 5.88 Å². The van der Waals surface area contributed by atoms with Crippen LogP contribution in [-0.4, -0.2) is 17.8 Å². The summed E-state index contributed by atoms with van der Waals surface area (Å²) in [5.41, 5.74) is 4.59. The first-order valence-corrected chi connectivity index (χ1v) is 7.60. The highest BCUT2D eigenvalue weighted by atomic mass is 16.5. The zero-order valence-electron chi connectivity index (χ0n) is 13.8. The number of aromatic nitrogens is 1. The highest BCUT2D eigenvalue weighted by Gasteiger charge is 2.23. The summed E-state index contributed by atoms with van der Waals surface area (Å²) in [6.07, 6.45) is 3.66. The number of nitrogens with one attached hydrogen (secondary N) is 1. The Labute approximate surface area is 140 Å². The molecule has 1 aliphatic rings. The molecule has 2 heterocycles. The maximum atomic E-state index is 9.16. The summed E-state index contributed by atoms with van der Waals surface area (Å²) in [4.78, 5) is 4.19. The predicted octanol–water partition coefficient (Wildman–Crippen LogP) is 3.72. The summed E-state index contributed by atoms with van der Waals surface area (Å²) in [7, 11) is 0. The fourth-order valence-corrected chi connectivity index (χ4v) is 2.17. The highest BCUT2D eigenvalue weighted by molar-refractivity contribution is 5.88. The van der Waals surface area contributed by atoms with E-state index in [1.54, 1.807) is 6.21 Å². The van der Waals surface area contributed by atoms with E-state index in [-0.39, 0.29) is 17.0 Å². The molecule has 0 radical (unpaired) electrons. The summed E-state index contributed by atoms with van der Waals surface area (Å²) in [5, 5.41) is 13.3. The average molecular weight is 322 g/mol. The number of nitriles is 1. The van der Waals surface area contributed by atoms with E-state index in [4.69, 9.17) is 14.4 Å². The van der Waals surface area contributed by atoms with Gasteiger partial charge in [0.1, 0.15) is 18.4 Å². The highest BCUT2D eigenvalue weighted by Crippen LogP contribution is 2.27. The normalized spacial score (nSPS) is 13.8. The quantitative estimate of drug-likeness (QED) is 0.688. The number of nitrogens with zero attached hydrogens (tertiary/aromatic N) is 3. The molecule has 0 atom stereocenters. The van der Waals surface area contributed by atoms with E-state index >= 15 is 0 Å². The van der Waals surface area contributed by atoms with Crippen molar-refractivity contribution in [3.63, 3.8) is 0 Å². The first-order chi connectivity index (χ1) is 11.5. The SMILES string of the molecule is CC(C)(C)c1nc(C#N)c(N/N=C\C2=Cc3ccccc3OC2)o1. The Morgan fingerprint density at radius 2 is 2.12 bits per heavy atom. The molecule has 3 rings (SSSR count). The van der Waals surface area contributed by atoms with Crippen LogP contribution in [0.15, 0.2) is 39.4 Å². The first kappa shape index (κ1) is 15.8. The van der Waals surface area contributed by atoms with Crippen molar-refractivity contribution in [2.24, 2.45) is 5.10 Å². The molecule has 1 aromatic heterocycles. The van der Waals surface area contributed by atoms with Crippen LogP contribution in [0.2, 0.25) is 0 Å². The van der Waals surface area contributed by atoms with Gasteiger partial charge in [-0.2, -0.15) is 15.3 Å². The number of oxazole rings is 1. The largest absolute Gasteiger partial charge is 0.488 e. The van der Waals surface area contributed by atoms with E-state index in [1.165, 1.54) is 0 Å². The zero-order valence-corrected chi connectivity index (χ0v) is 13.8. The molecule has 0 bridgehead atoms. The standard InChI is InChI=1S/C18H18N4O2/c1-18(2,3)17-21-14(9-19)16(24-17)22-20-10-12-8-13-6-4-5-7-15(13)23-11-12/h4-8,10,22H,11H2,1-3H3/b20-10-. The lowest BCUT2D eigenvalue weighted by Gasteiger charge is -2.15. The number of fused-ring (bicyclic) bond motifs is 1. The van der Waals surface area contributed by atoms with Crippen LogP contribution in [0, 0.1) is 11.3 Å². The number of anilines is 1. The molecule has 0 aliphatic carbocycles. The molecule has 0 saturated carbocycles. The number of hydrogen-bond acceptors (Lipinski definition) is 6. The zero-order chi connectivity index (χ0) is 17.2. The van der Waals surface area contributed by atoms with Gasteiger partial charge >= 0.3 is 0 Å². The van der Waals surface area contributed by atoms with Gasteiger partial charge in [-0.05, 0) is 12.1 Å². The van der Waals surface area contributed by atoms with Gasteiger partial charge in [-0.25, -0.2) is 5.43 Å². The molecule has 1 aliphatic heterocycles. The van der Waals surface area contributed by atoms with Crippen LogP contribution in [0.1, 0.15) is 37.9 Å². The fourth-order valence-electron chi connectivity index (χ4n) is 2.17. The molecule has 2 aromatic rings. The van der Waals surface area contributed by atoms with Gasteiger partial charge < -0.3 is 9.15 Å². The molecule has 6 nitrogen and oxygen atoms in total. The predicted molar refractivity (Wildman–Crippen MR) is 91.9 cm³/mol. The Morgan fingerprint density at radius 3 is 2.88 bits per heavy atom. The minimum Gasteiger partial charge on any atom is -0.488 e. The van der Waals surface area contributed by atoms with Crippen molar-refractivity contribution in [2.45, 2.75) is 26.2 Å². The number of ether oxygens (including phenoxy) is 1. The molecule has 0 amide bonds. The van der Waals surface area contributed by atoms with Crippen molar-refractivity contribution in [1.29, 1.82) is 5.26 Å². The van der Waals surface area contributed by atoms with Crippen LogP contribution in [0.4, 0.5) is 5.88 Å². The summed E-state index contributed by atoms with van der Waals surface area (Å²) in [6, 6.07) is 9.82. The molecule has 1 aromatic carbocycles. The summed E-state index contributed by atoms with van der Waals surface area (Å²) in [6.45, 7) is 6.34. The van der Waals surface area contributed by atoms with E-state index < -0.39 is 0 Å². The summed E-state index contributed by atoms with van der Waals surface area (Å²) in [5.74, 6) is 1.60. The third-order valence-corrected chi connectivity index (χ3v) is 3.43. The second-order valence-electron chi connectivity index (χ2n) is 6.47. The van der Waals surface area contributed by atoms with Crippen molar-refractivity contribution in [3.05, 3.63) is 47.0 Å². The Hall–Kier alpha value is -3.07. The molecular weight excluding hydrogens is 304 g/mol. The number of hydrogen-bond donors (Lipinski definition) is 1. The number of para-hydroxylation sites is 1. The van der Waals surface area contributed by atoms with Gasteiger partial charge in [-0.3, -0.25) is 0 Å². The van der Waals surface area contributed by atoms with Crippen molar-refractivity contribution < 1.29 is 9.15 Å². The number of benzene rings is 1. The van der Waals surface area contributed by atoms with Gasteiger partial charge in [-0.1, -0.05) is 39.0 Å². The van der Waals surface area contributed by atoms with Crippen molar-refractivity contribution in [3.8, 4) is 11.8 Å². The summed E-state index contributed by atoms with van der Waals surface area (Å²) < 4.78 is 11.3. The minimum atomic E-state index is -0.279. The van der Waals surface area contributed by atoms with E-state index in [1.807, 2.05) is 57.2 Å². The monoisotopic (exact) mass is 322 g/mol. The van der Waals surface area contributed by atoms with Gasteiger partial charge in [0, 0.05) is 16.6 Å². The van der Waals surface area contributed by atoms with Gasteiger partial charge in [0.05, 0.1) is 6.21 Å². The molecular formula is C18H18N4O2. The van der Waals surface area contributed by atoms with E-state index in [0.29, 0.717) is 12.5 Å². The molecule has 24 heavy (non-hydrogen) atoms. The Kier molecular flexibility index (Phi) is 4.09. The van der Waals surface area contributed by atoms with Crippen LogP contribution in [0.3, 0.4) is 0 Å². The first-order valence-electron chi connectivity index (χ1n) is 7.60. The molecule has 0 unspecified atom stereocenters. The smallest absolute Gasteiger partial charge is 0.252 e. The van der Waals surface area contributed by atoms with Crippen LogP contribution < -0.4 is 10.2 Å². The third-order valence-electron chi connectivity index (χ3n) is 3.43. The topological polar surface area (TPSA) is 83.4 Å². The van der Waals surface area contributed by atoms with E-state index in [9.17, 15) is 0 Å². The third kappa shape index (κ3) is 3.30. The van der Waals surface area contributed by atoms with Crippen LogP contribution in [-0.2, 0) is 5.41 Å². The Morgan fingerprint density at radius 1 is 1.33 bits per heavy atom. The maximum absolute atomic E-state index is 9.16. The maximum Gasteiger partial charge on any atom is 0.252 e. The van der Waals surface area contributed by atoms with Crippen molar-refractivity contribution in [2.75, 3.05) is 12.0 Å². The van der Waals surface area contributed by atoms with Crippen LogP contribution in [0.5, 0.6) is 5.75 Å². The van der Waals surface area contributed by atoms with Gasteiger partial charge in [0.2, 0.25) is 11.6 Å². The lowest BCUT2D eigenvalue weighted by atomic mass is 9.97. The molecule has 0 saturated heterocycles. The second-order valence-corrected chi connectivity index (χ2v) is 6.47. The van der Waals surface area contributed by atoms with Crippen molar-refractivity contribution in [1.82, 2.24) is 4.98 Å². The van der Waals surface area contributed by atoms with Crippen LogP contribution in [0.25, 0.3) is 6.08 Å². The van der Waals surface area contributed by atoms with E-state index in [0.717, 1.165) is 16.9 Å². The number of rotatable bonds is 3. The number of hydrazone groups is 1. The lowest BCUT2D eigenvalue weighted by molar-refractivity contribution is 0.353. The molecule has 0 spiro atoms. The summed E-state index contributed by atoms with van der Waals surface area (Å²) >= 11 is 0. The minimum absolute atomic E-state index is 0.191. The van der Waals surface area contributed by atoms with Gasteiger partial charge in [-0.15, -0.1) is 0 Å². The average Bonchev–Trinajstić information content (AvgIpc) is 2.98. The Bertz CT molecular complexity index is 851.